The molecule has 0 saturated heterocycles. The van der Waals surface area contributed by atoms with Crippen LogP contribution in [0.1, 0.15) is 47.8 Å². The lowest BCUT2D eigenvalue weighted by atomic mass is 10.0. The summed E-state index contributed by atoms with van der Waals surface area (Å²) >= 11 is -1.83. The minimum Gasteiger partial charge on any atom is -0.478 e. The molecule has 1 amide bonds. The van der Waals surface area contributed by atoms with E-state index in [2.05, 4.69) is 20.6 Å². The predicted octanol–water partition coefficient (Wildman–Crippen LogP) is 8.72. The smallest absolute Gasteiger partial charge is 0.337 e. The molecule has 6 rings (SSSR count). The fourth-order valence-corrected chi connectivity index (χ4v) is 6.32. The van der Waals surface area contributed by atoms with Gasteiger partial charge in [-0.25, -0.2) is 28.5 Å². The van der Waals surface area contributed by atoms with E-state index in [1.54, 1.807) is 115 Å². The summed E-state index contributed by atoms with van der Waals surface area (Å²) < 4.78 is 35.2. The number of anilines is 2. The monoisotopic (exact) mass is 850 g/mol. The van der Waals surface area contributed by atoms with Crippen molar-refractivity contribution in [2.75, 3.05) is 25.0 Å². The van der Waals surface area contributed by atoms with Gasteiger partial charge >= 0.3 is 11.9 Å². The number of hydrogen-bond acceptors (Lipinski definition) is 14. The Balaban J connectivity index is 0.959. The summed E-state index contributed by atoms with van der Waals surface area (Å²) in [5, 5.41) is 21.2. The summed E-state index contributed by atoms with van der Waals surface area (Å²) in [5.74, 6) is -0.0276. The van der Waals surface area contributed by atoms with Crippen LogP contribution in [0.15, 0.2) is 138 Å². The number of benzene rings is 6. The van der Waals surface area contributed by atoms with E-state index in [9.17, 15) is 23.7 Å². The molecule has 0 spiro atoms. The average molecular weight is 851 g/mol. The zero-order valence-corrected chi connectivity index (χ0v) is 33.3. The van der Waals surface area contributed by atoms with Gasteiger partial charge in [-0.15, -0.1) is 0 Å². The number of amides is 1. The van der Waals surface area contributed by atoms with Gasteiger partial charge in [0.05, 0.1) is 41.5 Å². The zero-order chi connectivity index (χ0) is 43.1. The Morgan fingerprint density at radius 2 is 1.21 bits per heavy atom. The number of carbonyl (C=O) groups is 3. The lowest BCUT2D eigenvalue weighted by molar-refractivity contribution is -0.282. The minimum atomic E-state index is -1.83. The number of ether oxygens (including phenoxy) is 3. The summed E-state index contributed by atoms with van der Waals surface area (Å²) in [4.78, 5) is 56.4. The van der Waals surface area contributed by atoms with Gasteiger partial charge in [0.15, 0.2) is 0 Å². The molecule has 17 heteroatoms. The van der Waals surface area contributed by atoms with E-state index >= 15 is 0 Å². The Bertz CT molecular complexity index is 2460. The maximum Gasteiger partial charge on any atom is 0.337 e. The molecule has 0 aliphatic rings. The molecule has 1 unspecified atom stereocenters. The predicted molar refractivity (Wildman–Crippen MR) is 220 cm³/mol. The van der Waals surface area contributed by atoms with E-state index in [1.807, 2.05) is 0 Å². The summed E-state index contributed by atoms with van der Waals surface area (Å²) in [6.07, 6.45) is 0. The van der Waals surface area contributed by atoms with Crippen LogP contribution in [0.25, 0.3) is 0 Å². The normalized spacial score (nSPS) is 11.3. The number of carboxylic acids is 1. The van der Waals surface area contributed by atoms with Crippen molar-refractivity contribution in [1.82, 2.24) is 0 Å². The standard InChI is InChI=1S/C44H38N2O14S/c1-53-44(50)29-4-5-30(27-56-51)31(24-29)26-55-46-33-8-12-35(13-9-33)58-36-14-16-38(17-15-36)60-61(52)39-20-18-37(19-21-39)59-34-10-6-32(7-11-34)45-42(47)41-23-28(25-57-54-2)3-22-40(41)43(48)49/h3-24,46,51H,25-27H2,1-2H3,(H,45,47)(H,48,49). The Labute approximate surface area is 351 Å². The topological polar surface area (TPSA) is 207 Å². The molecule has 0 aliphatic carbocycles. The number of hydrogen-bond donors (Lipinski definition) is 4. The fraction of sp³-hybridized carbons (Fsp3) is 0.114. The van der Waals surface area contributed by atoms with Crippen LogP contribution in [-0.2, 0) is 55.1 Å². The molecule has 6 aromatic rings. The molecule has 1 atom stereocenters. The number of aromatic carboxylic acids is 1. The van der Waals surface area contributed by atoms with Crippen molar-refractivity contribution < 1.29 is 66.9 Å². The van der Waals surface area contributed by atoms with Gasteiger partial charge in [0, 0.05) is 5.69 Å². The van der Waals surface area contributed by atoms with E-state index in [1.165, 1.54) is 32.4 Å². The van der Waals surface area contributed by atoms with Crippen LogP contribution in [0, 0.1) is 0 Å². The van der Waals surface area contributed by atoms with Crippen molar-refractivity contribution in [2.45, 2.75) is 24.7 Å². The highest BCUT2D eigenvalue weighted by atomic mass is 32.2. The first-order chi connectivity index (χ1) is 29.6. The maximum atomic E-state index is 13.0. The third kappa shape index (κ3) is 12.2. The first-order valence-electron chi connectivity index (χ1n) is 18.2. The molecule has 314 valence electrons. The number of nitrogens with one attached hydrogen (secondary N) is 2. The second-order valence-corrected chi connectivity index (χ2v) is 13.8. The molecule has 16 nitrogen and oxygen atoms in total. The van der Waals surface area contributed by atoms with Crippen molar-refractivity contribution in [2.24, 2.45) is 0 Å². The third-order valence-corrected chi connectivity index (χ3v) is 9.62. The van der Waals surface area contributed by atoms with Crippen molar-refractivity contribution in [1.29, 1.82) is 0 Å². The molecule has 0 radical (unpaired) electrons. The maximum absolute atomic E-state index is 13.0. The lowest BCUT2D eigenvalue weighted by Crippen LogP contribution is -2.17. The number of rotatable bonds is 20. The van der Waals surface area contributed by atoms with Gasteiger partial charge < -0.3 is 28.8 Å². The summed E-state index contributed by atoms with van der Waals surface area (Å²) in [7, 11) is 2.63. The van der Waals surface area contributed by atoms with Crippen LogP contribution in [0.4, 0.5) is 11.4 Å². The van der Waals surface area contributed by atoms with E-state index < -0.39 is 28.9 Å². The van der Waals surface area contributed by atoms with E-state index in [-0.39, 0.29) is 30.9 Å². The van der Waals surface area contributed by atoms with Gasteiger partial charge in [-0.3, -0.25) is 20.4 Å². The second-order valence-electron chi connectivity index (χ2n) is 12.7. The van der Waals surface area contributed by atoms with Crippen LogP contribution in [0.2, 0.25) is 0 Å². The summed E-state index contributed by atoms with van der Waals surface area (Å²) in [5.41, 5.74) is 5.81. The Kier molecular flexibility index (Phi) is 15.1. The number of methoxy groups -OCH3 is 1. The highest BCUT2D eigenvalue weighted by molar-refractivity contribution is 7.80. The number of esters is 1. The molecule has 6 aromatic carbocycles. The second kappa shape index (κ2) is 21.2. The van der Waals surface area contributed by atoms with E-state index in [4.69, 9.17) is 33.4 Å². The van der Waals surface area contributed by atoms with Crippen LogP contribution in [0.3, 0.4) is 0 Å². The van der Waals surface area contributed by atoms with Gasteiger partial charge in [-0.2, -0.15) is 0 Å². The average Bonchev–Trinajstić information content (AvgIpc) is 3.28. The van der Waals surface area contributed by atoms with E-state index in [0.717, 1.165) is 0 Å². The first kappa shape index (κ1) is 43.5. The zero-order valence-electron chi connectivity index (χ0n) is 32.5. The van der Waals surface area contributed by atoms with Crippen molar-refractivity contribution in [3.05, 3.63) is 167 Å². The minimum absolute atomic E-state index is 0.0292. The molecule has 0 fully saturated rings. The van der Waals surface area contributed by atoms with E-state index in [0.29, 0.717) is 67.3 Å². The molecular formula is C44H38N2O14S. The van der Waals surface area contributed by atoms with Crippen molar-refractivity contribution in [3.63, 3.8) is 0 Å². The molecule has 61 heavy (non-hydrogen) atoms. The largest absolute Gasteiger partial charge is 0.478 e. The van der Waals surface area contributed by atoms with Crippen LogP contribution in [-0.4, -0.2) is 46.6 Å². The lowest BCUT2D eigenvalue weighted by Gasteiger charge is -2.12. The molecule has 0 saturated carbocycles. The molecule has 0 aliphatic heterocycles. The quantitative estimate of drug-likeness (QED) is 0.0322. The fourth-order valence-electron chi connectivity index (χ4n) is 5.58. The van der Waals surface area contributed by atoms with Crippen LogP contribution in [0.5, 0.6) is 28.7 Å². The summed E-state index contributed by atoms with van der Waals surface area (Å²) in [6, 6.07) is 35.7. The van der Waals surface area contributed by atoms with Gasteiger partial charge in [-0.1, -0.05) is 12.1 Å². The van der Waals surface area contributed by atoms with Gasteiger partial charge in [0.25, 0.3) is 5.91 Å². The van der Waals surface area contributed by atoms with Gasteiger partial charge in [0.2, 0.25) is 11.1 Å². The highest BCUT2D eigenvalue weighted by Gasteiger charge is 2.18. The van der Waals surface area contributed by atoms with Crippen molar-refractivity contribution in [3.8, 4) is 28.7 Å². The molecule has 4 N–H and O–H groups in total. The third-order valence-electron chi connectivity index (χ3n) is 8.62. The molecule has 0 aromatic heterocycles. The Morgan fingerprint density at radius 3 is 1.80 bits per heavy atom. The molecule has 0 heterocycles. The SMILES string of the molecule is COOCc1ccc(C(=O)O)c(C(=O)Nc2ccc(Oc3ccc(S(=O)Oc4ccc(Oc5ccc(NOCc6cc(C(=O)OC)ccc6COO)cc5)cc4)cc3)cc2)c1. The number of carboxylic acid groups (broad SMARTS) is 1. The Hall–Kier alpha value is -7.12. The highest BCUT2D eigenvalue weighted by Crippen LogP contribution is 2.28. The number of carbonyl (C=O) groups excluding carboxylic acids is 2. The van der Waals surface area contributed by atoms with Crippen LogP contribution < -0.4 is 24.5 Å². The first-order valence-corrected chi connectivity index (χ1v) is 19.2. The Morgan fingerprint density at radius 1 is 0.623 bits per heavy atom. The van der Waals surface area contributed by atoms with Crippen LogP contribution >= 0.6 is 0 Å². The molecular weight excluding hydrogens is 813 g/mol. The van der Waals surface area contributed by atoms with Crippen molar-refractivity contribution >= 4 is 40.3 Å². The molecule has 0 bridgehead atoms. The van der Waals surface area contributed by atoms with Gasteiger partial charge in [-0.05, 0) is 138 Å². The summed E-state index contributed by atoms with van der Waals surface area (Å²) in [6.45, 7) is 0.00962. The van der Waals surface area contributed by atoms with Gasteiger partial charge in [0.1, 0.15) is 48.6 Å².